The van der Waals surface area contributed by atoms with Gasteiger partial charge in [0, 0.05) is 33.8 Å². The van der Waals surface area contributed by atoms with Crippen molar-refractivity contribution in [2.75, 3.05) is 7.05 Å². The third kappa shape index (κ3) is 2.30. The minimum atomic E-state index is 0.428. The lowest BCUT2D eigenvalue weighted by molar-refractivity contribution is 0.600. The highest BCUT2D eigenvalue weighted by molar-refractivity contribution is 7.12. The molecule has 0 radical (unpaired) electrons. The maximum absolute atomic E-state index is 4.38. The minimum Gasteiger partial charge on any atom is -0.312 e. The molecule has 17 heavy (non-hydrogen) atoms. The Bertz CT molecular complexity index is 466. The summed E-state index contributed by atoms with van der Waals surface area (Å²) in [7, 11) is 2.04. The molecular weight excluding hydrogens is 248 g/mol. The average Bonchev–Trinajstić information content (AvgIpc) is 3.01. The Kier molecular flexibility index (Phi) is 3.27. The van der Waals surface area contributed by atoms with Crippen LogP contribution in [0, 0.1) is 0 Å². The fraction of sp³-hybridized carbons (Fsp3) is 0.462. The van der Waals surface area contributed by atoms with Crippen LogP contribution in [0.5, 0.6) is 0 Å². The molecule has 0 saturated heterocycles. The van der Waals surface area contributed by atoms with E-state index in [1.165, 1.54) is 29.1 Å². The normalized spacial score (nSPS) is 16.1. The van der Waals surface area contributed by atoms with Gasteiger partial charge < -0.3 is 5.32 Å². The molecule has 0 aromatic carbocycles. The second kappa shape index (κ2) is 4.88. The van der Waals surface area contributed by atoms with Crippen LogP contribution in [0.3, 0.4) is 0 Å². The molecule has 0 fully saturated rings. The molecule has 2 aromatic rings. The van der Waals surface area contributed by atoms with Gasteiger partial charge in [0.15, 0.2) is 0 Å². The molecule has 1 atom stereocenters. The van der Waals surface area contributed by atoms with E-state index in [0.717, 1.165) is 6.42 Å². The number of aryl methyl sites for hydroxylation is 2. The van der Waals surface area contributed by atoms with Gasteiger partial charge in [-0.05, 0) is 37.9 Å². The van der Waals surface area contributed by atoms with Crippen LogP contribution < -0.4 is 5.32 Å². The summed E-state index contributed by atoms with van der Waals surface area (Å²) in [6, 6.07) is 2.83. The highest BCUT2D eigenvalue weighted by atomic mass is 32.1. The van der Waals surface area contributed by atoms with Gasteiger partial charge in [-0.1, -0.05) is 0 Å². The number of nitrogens with one attached hydrogen (secondary N) is 1. The van der Waals surface area contributed by atoms with Crippen LogP contribution in [0.2, 0.25) is 0 Å². The van der Waals surface area contributed by atoms with Crippen molar-refractivity contribution in [3.8, 4) is 0 Å². The predicted octanol–water partition coefficient (Wildman–Crippen LogP) is 3.20. The number of hydrogen-bond donors (Lipinski definition) is 1. The number of hydrogen-bond acceptors (Lipinski definition) is 4. The van der Waals surface area contributed by atoms with E-state index in [4.69, 9.17) is 0 Å². The van der Waals surface area contributed by atoms with Crippen molar-refractivity contribution in [2.45, 2.75) is 31.7 Å². The maximum Gasteiger partial charge on any atom is 0.0944 e. The van der Waals surface area contributed by atoms with Gasteiger partial charge in [0.25, 0.3) is 0 Å². The van der Waals surface area contributed by atoms with E-state index in [2.05, 4.69) is 21.7 Å². The molecule has 0 saturated carbocycles. The van der Waals surface area contributed by atoms with Crippen LogP contribution >= 0.6 is 22.7 Å². The Morgan fingerprint density at radius 1 is 1.47 bits per heavy atom. The zero-order chi connectivity index (χ0) is 11.7. The van der Waals surface area contributed by atoms with E-state index in [-0.39, 0.29) is 0 Å². The number of nitrogens with zero attached hydrogens (tertiary/aromatic N) is 1. The van der Waals surface area contributed by atoms with Gasteiger partial charge in [-0.25, -0.2) is 4.98 Å². The van der Waals surface area contributed by atoms with Gasteiger partial charge in [0.1, 0.15) is 0 Å². The summed E-state index contributed by atoms with van der Waals surface area (Å²) >= 11 is 3.74. The zero-order valence-electron chi connectivity index (χ0n) is 9.90. The summed E-state index contributed by atoms with van der Waals surface area (Å²) in [6.07, 6.45) is 6.81. The number of thiazole rings is 1. The van der Waals surface area contributed by atoms with Gasteiger partial charge in [-0.2, -0.15) is 0 Å². The molecular formula is C13H16N2S2. The van der Waals surface area contributed by atoms with E-state index in [1.807, 2.05) is 24.6 Å². The summed E-state index contributed by atoms with van der Waals surface area (Å²) < 4.78 is 0. The van der Waals surface area contributed by atoms with E-state index in [9.17, 15) is 0 Å². The Labute approximate surface area is 110 Å². The lowest BCUT2D eigenvalue weighted by Gasteiger charge is -2.12. The highest BCUT2D eigenvalue weighted by Gasteiger charge is 2.20. The fourth-order valence-corrected chi connectivity index (χ4v) is 4.43. The van der Waals surface area contributed by atoms with E-state index < -0.39 is 0 Å². The van der Waals surface area contributed by atoms with Crippen molar-refractivity contribution < 1.29 is 0 Å². The molecule has 1 aliphatic carbocycles. The fourth-order valence-electron chi connectivity index (χ4n) is 2.40. The third-order valence-corrected chi connectivity index (χ3v) is 5.47. The van der Waals surface area contributed by atoms with E-state index in [1.54, 1.807) is 21.8 Å². The maximum atomic E-state index is 4.38. The quantitative estimate of drug-likeness (QED) is 0.917. The molecule has 0 spiro atoms. The lowest BCUT2D eigenvalue weighted by Crippen LogP contribution is -2.17. The molecule has 1 aliphatic rings. The Morgan fingerprint density at radius 2 is 2.41 bits per heavy atom. The molecule has 3 rings (SSSR count). The smallest absolute Gasteiger partial charge is 0.0944 e. The van der Waals surface area contributed by atoms with Crippen molar-refractivity contribution in [1.82, 2.24) is 10.3 Å². The number of likely N-dealkylation sites (N-methyl/N-ethyl adjacent to an activating group) is 1. The SMILES string of the molecule is CNC(Cc1nccs1)c1cc2c(s1)CCC2. The lowest BCUT2D eigenvalue weighted by atomic mass is 10.1. The van der Waals surface area contributed by atoms with Crippen molar-refractivity contribution in [3.63, 3.8) is 0 Å². The largest absolute Gasteiger partial charge is 0.312 e. The molecule has 0 amide bonds. The second-order valence-corrected chi connectivity index (χ2v) is 6.57. The number of thiophene rings is 1. The molecule has 2 aromatic heterocycles. The molecule has 1 N–H and O–H groups in total. The van der Waals surface area contributed by atoms with Crippen molar-refractivity contribution in [1.29, 1.82) is 0 Å². The molecule has 90 valence electrons. The predicted molar refractivity (Wildman–Crippen MR) is 74.0 cm³/mol. The van der Waals surface area contributed by atoms with Gasteiger partial charge in [-0.15, -0.1) is 22.7 Å². The minimum absolute atomic E-state index is 0.428. The van der Waals surface area contributed by atoms with Crippen molar-refractivity contribution in [3.05, 3.63) is 38.0 Å². The summed E-state index contributed by atoms with van der Waals surface area (Å²) in [5.41, 5.74) is 1.59. The Morgan fingerprint density at radius 3 is 3.12 bits per heavy atom. The first-order chi connectivity index (χ1) is 8.36. The highest BCUT2D eigenvalue weighted by Crippen LogP contribution is 2.34. The Hall–Kier alpha value is -0.710. The third-order valence-electron chi connectivity index (χ3n) is 3.32. The first-order valence-corrected chi connectivity index (χ1v) is 7.73. The molecule has 2 nitrogen and oxygen atoms in total. The molecule has 1 unspecified atom stereocenters. The number of rotatable bonds is 4. The first kappa shape index (κ1) is 11.4. The Balaban J connectivity index is 1.80. The van der Waals surface area contributed by atoms with Gasteiger partial charge in [0.2, 0.25) is 0 Å². The summed E-state index contributed by atoms with van der Waals surface area (Å²) in [4.78, 5) is 7.47. The number of fused-ring (bicyclic) bond motifs is 1. The summed E-state index contributed by atoms with van der Waals surface area (Å²) in [5, 5.41) is 6.69. The second-order valence-electron chi connectivity index (χ2n) is 4.42. The van der Waals surface area contributed by atoms with Crippen molar-refractivity contribution in [2.24, 2.45) is 0 Å². The number of aromatic nitrogens is 1. The molecule has 4 heteroatoms. The molecule has 2 heterocycles. The van der Waals surface area contributed by atoms with Crippen LogP contribution in [0.15, 0.2) is 17.6 Å². The summed E-state index contributed by atoms with van der Waals surface area (Å²) in [5.74, 6) is 0. The van der Waals surface area contributed by atoms with Crippen LogP contribution in [0.4, 0.5) is 0 Å². The van der Waals surface area contributed by atoms with E-state index in [0.29, 0.717) is 6.04 Å². The standard InChI is InChI=1S/C13H16N2S2/c1-14-10(8-13-15-5-6-16-13)12-7-9-3-2-4-11(9)17-12/h5-7,10,14H,2-4,8H2,1H3. The topological polar surface area (TPSA) is 24.9 Å². The monoisotopic (exact) mass is 264 g/mol. The van der Waals surface area contributed by atoms with Crippen LogP contribution in [-0.2, 0) is 19.3 Å². The average molecular weight is 264 g/mol. The van der Waals surface area contributed by atoms with Gasteiger partial charge in [0.05, 0.1) is 5.01 Å². The first-order valence-electron chi connectivity index (χ1n) is 6.04. The van der Waals surface area contributed by atoms with Crippen LogP contribution in [0.25, 0.3) is 0 Å². The van der Waals surface area contributed by atoms with Crippen LogP contribution in [-0.4, -0.2) is 12.0 Å². The molecule has 0 aliphatic heterocycles. The van der Waals surface area contributed by atoms with Gasteiger partial charge in [-0.3, -0.25) is 0 Å². The summed E-state index contributed by atoms with van der Waals surface area (Å²) in [6.45, 7) is 0. The van der Waals surface area contributed by atoms with Crippen molar-refractivity contribution >= 4 is 22.7 Å². The van der Waals surface area contributed by atoms with E-state index >= 15 is 0 Å². The molecule has 0 bridgehead atoms. The van der Waals surface area contributed by atoms with Crippen LogP contribution in [0.1, 0.15) is 32.8 Å². The zero-order valence-corrected chi connectivity index (χ0v) is 11.5. The van der Waals surface area contributed by atoms with Gasteiger partial charge >= 0.3 is 0 Å².